The minimum atomic E-state index is 0.365. The second kappa shape index (κ2) is 7.27. The van der Waals surface area contributed by atoms with E-state index in [-0.39, 0.29) is 0 Å². The number of H-pyrrole nitrogens is 1. The first kappa shape index (κ1) is 19.7. The molecule has 2 aliphatic heterocycles. The summed E-state index contributed by atoms with van der Waals surface area (Å²) in [6, 6.07) is 10.7. The summed E-state index contributed by atoms with van der Waals surface area (Å²) >= 11 is 0. The van der Waals surface area contributed by atoms with Crippen molar-refractivity contribution in [2.45, 2.75) is 46.0 Å². The Morgan fingerprint density at radius 3 is 2.53 bits per heavy atom. The first-order chi connectivity index (χ1) is 15.5. The van der Waals surface area contributed by atoms with Crippen molar-refractivity contribution in [1.29, 1.82) is 0 Å². The number of aromatic nitrogens is 4. The molecule has 6 nitrogen and oxygen atoms in total. The number of nitrogens with zero attached hydrogens (tertiary/aromatic N) is 4. The van der Waals surface area contributed by atoms with E-state index >= 15 is 0 Å². The van der Waals surface area contributed by atoms with Gasteiger partial charge in [0.1, 0.15) is 0 Å². The summed E-state index contributed by atoms with van der Waals surface area (Å²) in [7, 11) is 0. The van der Waals surface area contributed by atoms with Crippen LogP contribution in [0.25, 0.3) is 33.6 Å². The van der Waals surface area contributed by atoms with Gasteiger partial charge in [0.25, 0.3) is 0 Å². The molecule has 1 N–H and O–H groups in total. The van der Waals surface area contributed by atoms with E-state index in [0.717, 1.165) is 34.9 Å². The van der Waals surface area contributed by atoms with Gasteiger partial charge in [-0.25, -0.2) is 0 Å². The van der Waals surface area contributed by atoms with E-state index in [9.17, 15) is 0 Å². The number of fused-ring (bicyclic) bond motifs is 3. The zero-order valence-corrected chi connectivity index (χ0v) is 19.1. The van der Waals surface area contributed by atoms with Crippen LogP contribution in [0.5, 0.6) is 0 Å². The van der Waals surface area contributed by atoms with Gasteiger partial charge in [0.05, 0.1) is 11.6 Å². The largest absolute Gasteiger partial charge is 0.420 e. The zero-order valence-electron chi connectivity index (χ0n) is 19.1. The van der Waals surface area contributed by atoms with Crippen LogP contribution in [0.3, 0.4) is 0 Å². The van der Waals surface area contributed by atoms with Gasteiger partial charge in [0, 0.05) is 46.5 Å². The molecule has 3 aromatic heterocycles. The quantitative estimate of drug-likeness (QED) is 0.470. The van der Waals surface area contributed by atoms with Crippen molar-refractivity contribution >= 4 is 10.9 Å². The predicted molar refractivity (Wildman–Crippen MR) is 126 cm³/mol. The van der Waals surface area contributed by atoms with Crippen LogP contribution in [0.15, 0.2) is 34.7 Å². The van der Waals surface area contributed by atoms with Crippen LogP contribution >= 0.6 is 0 Å². The molecular formula is C26H29N5O. The van der Waals surface area contributed by atoms with Crippen molar-refractivity contribution in [1.82, 2.24) is 25.1 Å². The molecule has 4 aromatic rings. The van der Waals surface area contributed by atoms with E-state index in [4.69, 9.17) is 4.42 Å². The van der Waals surface area contributed by atoms with Crippen LogP contribution in [-0.4, -0.2) is 44.7 Å². The third-order valence-electron chi connectivity index (χ3n) is 7.12. The van der Waals surface area contributed by atoms with Gasteiger partial charge in [-0.2, -0.15) is 0 Å². The number of hydrogen-bond donors (Lipinski definition) is 1. The Hall–Kier alpha value is -2.99. The maximum atomic E-state index is 6.21. The fraction of sp³-hybridized carbons (Fsp3) is 0.423. The van der Waals surface area contributed by atoms with Crippen LogP contribution in [0.2, 0.25) is 0 Å². The molecule has 0 saturated carbocycles. The number of benzene rings is 1. The normalized spacial score (nSPS) is 22.5. The van der Waals surface area contributed by atoms with E-state index in [1.54, 1.807) is 0 Å². The van der Waals surface area contributed by atoms with E-state index < -0.39 is 0 Å². The van der Waals surface area contributed by atoms with Gasteiger partial charge < -0.3 is 14.3 Å². The highest BCUT2D eigenvalue weighted by Gasteiger charge is 2.41. The standard InChI is InChI=1S/C26H29N5O/c1-14(2)23-20-11-17(25-29-30-26(32-25)21-13-31-8-7-18(21)12-31)5-6-22(20)28-24(23)19-9-15(3)27-16(4)10-19/h5-6,9-11,14,18,21,28H,7-8,12-13H2,1-4H3. The SMILES string of the molecule is Cc1cc(-c2[nH]c3ccc(-c4nnc(C5CN6CCC5C6)o4)cc3c2C(C)C)cc(C)n1. The Balaban J connectivity index is 1.42. The predicted octanol–water partition coefficient (Wildman–Crippen LogP) is 5.44. The molecule has 2 aliphatic rings. The number of rotatable bonds is 4. The fourth-order valence-corrected chi connectivity index (χ4v) is 5.72. The molecule has 2 bridgehead atoms. The molecule has 5 heterocycles. The third-order valence-corrected chi connectivity index (χ3v) is 7.12. The summed E-state index contributed by atoms with van der Waals surface area (Å²) in [4.78, 5) is 10.7. The highest BCUT2D eigenvalue weighted by Crippen LogP contribution is 2.41. The maximum absolute atomic E-state index is 6.21. The van der Waals surface area contributed by atoms with Crippen molar-refractivity contribution in [3.05, 3.63) is 53.2 Å². The lowest BCUT2D eigenvalue weighted by molar-refractivity contribution is 0.316. The lowest BCUT2D eigenvalue weighted by atomic mass is 9.93. The molecular weight excluding hydrogens is 398 g/mol. The van der Waals surface area contributed by atoms with Gasteiger partial charge in [-0.05, 0) is 74.5 Å². The van der Waals surface area contributed by atoms with Gasteiger partial charge in [-0.3, -0.25) is 4.98 Å². The van der Waals surface area contributed by atoms with Gasteiger partial charge in [0.2, 0.25) is 11.8 Å². The summed E-state index contributed by atoms with van der Waals surface area (Å²) < 4.78 is 6.21. The smallest absolute Gasteiger partial charge is 0.247 e. The molecule has 0 aliphatic carbocycles. The molecule has 0 amide bonds. The molecule has 3 atom stereocenters. The lowest BCUT2D eigenvalue weighted by Crippen LogP contribution is -2.22. The first-order valence-corrected chi connectivity index (χ1v) is 11.6. The van der Waals surface area contributed by atoms with Crippen LogP contribution in [0.4, 0.5) is 0 Å². The van der Waals surface area contributed by atoms with Crippen molar-refractivity contribution in [3.8, 4) is 22.7 Å². The molecule has 1 aromatic carbocycles. The second-order valence-electron chi connectivity index (χ2n) is 9.83. The van der Waals surface area contributed by atoms with Crippen molar-refractivity contribution in [3.63, 3.8) is 0 Å². The van der Waals surface area contributed by atoms with Crippen molar-refractivity contribution < 1.29 is 4.42 Å². The molecule has 6 rings (SSSR count). The van der Waals surface area contributed by atoms with Crippen molar-refractivity contribution in [2.75, 3.05) is 19.6 Å². The Morgan fingerprint density at radius 1 is 1.03 bits per heavy atom. The molecule has 0 radical (unpaired) electrons. The molecule has 3 unspecified atom stereocenters. The van der Waals surface area contributed by atoms with E-state index in [1.165, 1.54) is 41.7 Å². The van der Waals surface area contributed by atoms with Gasteiger partial charge >= 0.3 is 0 Å². The van der Waals surface area contributed by atoms with Gasteiger partial charge in [0.15, 0.2) is 0 Å². The van der Waals surface area contributed by atoms with Gasteiger partial charge in [-0.1, -0.05) is 13.8 Å². The Labute approximate surface area is 188 Å². The number of pyridine rings is 1. The number of piperidine rings is 1. The Morgan fingerprint density at radius 2 is 1.84 bits per heavy atom. The Bertz CT molecular complexity index is 1300. The highest BCUT2D eigenvalue weighted by molar-refractivity contribution is 5.93. The molecule has 6 heteroatoms. The molecule has 32 heavy (non-hydrogen) atoms. The summed E-state index contributed by atoms with van der Waals surface area (Å²) in [5, 5.41) is 10.1. The molecule has 0 spiro atoms. The summed E-state index contributed by atoms with van der Waals surface area (Å²) in [6.07, 6.45) is 1.24. The summed E-state index contributed by atoms with van der Waals surface area (Å²) in [6.45, 7) is 12.0. The third kappa shape index (κ3) is 3.16. The maximum Gasteiger partial charge on any atom is 0.247 e. The highest BCUT2D eigenvalue weighted by atomic mass is 16.4. The van der Waals surface area contributed by atoms with Crippen LogP contribution in [0, 0.1) is 19.8 Å². The van der Waals surface area contributed by atoms with E-state index in [0.29, 0.717) is 23.6 Å². The number of aryl methyl sites for hydroxylation is 2. The average Bonchev–Trinajstić information content (AvgIpc) is 3.54. The second-order valence-corrected chi connectivity index (χ2v) is 9.83. The van der Waals surface area contributed by atoms with E-state index in [2.05, 4.69) is 69.2 Å². The molecule has 2 fully saturated rings. The molecule has 164 valence electrons. The molecule has 2 saturated heterocycles. The minimum Gasteiger partial charge on any atom is -0.420 e. The number of nitrogens with one attached hydrogen (secondary N) is 1. The monoisotopic (exact) mass is 427 g/mol. The number of aromatic amines is 1. The van der Waals surface area contributed by atoms with Crippen molar-refractivity contribution in [2.24, 2.45) is 5.92 Å². The first-order valence-electron chi connectivity index (χ1n) is 11.6. The van der Waals surface area contributed by atoms with Crippen LogP contribution < -0.4 is 0 Å². The number of hydrogen-bond acceptors (Lipinski definition) is 5. The van der Waals surface area contributed by atoms with Crippen LogP contribution in [0.1, 0.15) is 54.9 Å². The fourth-order valence-electron chi connectivity index (χ4n) is 5.72. The topological polar surface area (TPSA) is 70.8 Å². The summed E-state index contributed by atoms with van der Waals surface area (Å²) in [5.74, 6) is 2.83. The van der Waals surface area contributed by atoms with E-state index in [1.807, 2.05) is 13.8 Å². The lowest BCUT2D eigenvalue weighted by Gasteiger charge is -2.18. The van der Waals surface area contributed by atoms with Crippen LogP contribution in [-0.2, 0) is 0 Å². The Kier molecular flexibility index (Phi) is 4.47. The minimum absolute atomic E-state index is 0.365. The average molecular weight is 428 g/mol. The summed E-state index contributed by atoms with van der Waals surface area (Å²) in [5.41, 5.74) is 7.83. The van der Waals surface area contributed by atoms with Gasteiger partial charge in [-0.15, -0.1) is 10.2 Å². The zero-order chi connectivity index (χ0) is 22.0.